The Morgan fingerprint density at radius 1 is 1.53 bits per heavy atom. The molecule has 0 aliphatic carbocycles. The van der Waals surface area contributed by atoms with Crippen LogP contribution in [0.2, 0.25) is 0 Å². The van der Waals surface area contributed by atoms with Gasteiger partial charge in [0.25, 0.3) is 5.91 Å². The summed E-state index contributed by atoms with van der Waals surface area (Å²) in [7, 11) is 0. The summed E-state index contributed by atoms with van der Waals surface area (Å²) >= 11 is 4.89. The summed E-state index contributed by atoms with van der Waals surface area (Å²) in [5.41, 5.74) is 1.15. The van der Waals surface area contributed by atoms with Gasteiger partial charge in [-0.1, -0.05) is 22.9 Å². The molecule has 0 atom stereocenters. The zero-order chi connectivity index (χ0) is 11.1. The van der Waals surface area contributed by atoms with E-state index in [1.807, 2.05) is 11.4 Å². The average molecular weight is 290 g/mol. The van der Waals surface area contributed by atoms with Crippen molar-refractivity contribution in [1.29, 1.82) is 0 Å². The van der Waals surface area contributed by atoms with Crippen molar-refractivity contribution in [3.63, 3.8) is 0 Å². The number of nitrogens with one attached hydrogen (secondary N) is 1. The maximum Gasteiger partial charge on any atom is 0.261 e. The number of amides is 1. The molecule has 84 valence electrons. The fraction of sp³-hybridized carbons (Fsp3) is 0.545. The molecule has 1 amide bonds. The Hall–Kier alpha value is -0.350. The van der Waals surface area contributed by atoms with Gasteiger partial charge in [0.15, 0.2) is 0 Å². The third kappa shape index (κ3) is 3.95. The van der Waals surface area contributed by atoms with Crippen LogP contribution in [0.4, 0.5) is 0 Å². The van der Waals surface area contributed by atoms with E-state index >= 15 is 0 Å². The summed E-state index contributed by atoms with van der Waals surface area (Å²) in [5.74, 6) is 0.0800. The second kappa shape index (κ2) is 7.01. The Kier molecular flexibility index (Phi) is 5.95. The quantitative estimate of drug-likeness (QED) is 0.632. The standard InChI is InChI=1S/C11H16BrNOS/c1-2-9-5-8-15-10(9)11(14)13-7-4-3-6-12/h5,8H,2-4,6-7H2,1H3,(H,13,14). The number of rotatable bonds is 6. The number of aryl methyl sites for hydroxylation is 1. The van der Waals surface area contributed by atoms with Gasteiger partial charge in [0.05, 0.1) is 4.88 Å². The van der Waals surface area contributed by atoms with Gasteiger partial charge in [-0.3, -0.25) is 4.79 Å². The highest BCUT2D eigenvalue weighted by atomic mass is 79.9. The molecule has 4 heteroatoms. The highest BCUT2D eigenvalue weighted by Crippen LogP contribution is 2.16. The van der Waals surface area contributed by atoms with Gasteiger partial charge in [-0.15, -0.1) is 11.3 Å². The first kappa shape index (κ1) is 12.7. The van der Waals surface area contributed by atoms with Crippen LogP contribution in [0.5, 0.6) is 0 Å². The number of thiophene rings is 1. The first-order chi connectivity index (χ1) is 7.29. The largest absolute Gasteiger partial charge is 0.351 e. The number of halogens is 1. The molecule has 0 fully saturated rings. The van der Waals surface area contributed by atoms with Crippen LogP contribution in [0, 0.1) is 0 Å². The van der Waals surface area contributed by atoms with E-state index in [2.05, 4.69) is 28.2 Å². The van der Waals surface area contributed by atoms with Crippen LogP contribution < -0.4 is 5.32 Å². The second-order valence-corrected chi connectivity index (χ2v) is 4.99. The van der Waals surface area contributed by atoms with Crippen LogP contribution in [0.15, 0.2) is 11.4 Å². The van der Waals surface area contributed by atoms with E-state index in [9.17, 15) is 4.79 Å². The molecule has 2 nitrogen and oxygen atoms in total. The van der Waals surface area contributed by atoms with Gasteiger partial charge >= 0.3 is 0 Å². The highest BCUT2D eigenvalue weighted by Gasteiger charge is 2.10. The van der Waals surface area contributed by atoms with Gasteiger partial charge in [0, 0.05) is 11.9 Å². The number of hydrogen-bond donors (Lipinski definition) is 1. The van der Waals surface area contributed by atoms with E-state index in [4.69, 9.17) is 0 Å². The van der Waals surface area contributed by atoms with Crippen LogP contribution >= 0.6 is 27.3 Å². The second-order valence-electron chi connectivity index (χ2n) is 3.28. The van der Waals surface area contributed by atoms with Gasteiger partial charge in [0.1, 0.15) is 0 Å². The molecule has 0 radical (unpaired) electrons. The predicted molar refractivity (Wildman–Crippen MR) is 69.1 cm³/mol. The summed E-state index contributed by atoms with van der Waals surface area (Å²) in [6.45, 7) is 2.84. The smallest absolute Gasteiger partial charge is 0.261 e. The Bertz CT molecular complexity index is 311. The highest BCUT2D eigenvalue weighted by molar-refractivity contribution is 9.09. The Morgan fingerprint density at radius 2 is 2.33 bits per heavy atom. The molecule has 15 heavy (non-hydrogen) atoms. The topological polar surface area (TPSA) is 29.1 Å². The van der Waals surface area contributed by atoms with E-state index < -0.39 is 0 Å². The van der Waals surface area contributed by atoms with Crippen LogP contribution in [-0.2, 0) is 6.42 Å². The van der Waals surface area contributed by atoms with Crippen LogP contribution in [-0.4, -0.2) is 17.8 Å². The lowest BCUT2D eigenvalue weighted by molar-refractivity contribution is 0.0956. The Morgan fingerprint density at radius 3 is 3.00 bits per heavy atom. The number of alkyl halides is 1. The SMILES string of the molecule is CCc1ccsc1C(=O)NCCCCBr. The zero-order valence-corrected chi connectivity index (χ0v) is 11.3. The summed E-state index contributed by atoms with van der Waals surface area (Å²) < 4.78 is 0. The molecule has 1 aromatic heterocycles. The van der Waals surface area contributed by atoms with Crippen molar-refractivity contribution in [3.05, 3.63) is 21.9 Å². The maximum atomic E-state index is 11.7. The third-order valence-corrected chi connectivity index (χ3v) is 3.70. The van der Waals surface area contributed by atoms with E-state index in [0.29, 0.717) is 0 Å². The molecular weight excluding hydrogens is 274 g/mol. The molecule has 0 spiro atoms. The molecule has 0 unspecified atom stereocenters. The van der Waals surface area contributed by atoms with Gasteiger partial charge in [-0.25, -0.2) is 0 Å². The molecule has 1 rings (SSSR count). The van der Waals surface area contributed by atoms with Gasteiger partial charge in [0.2, 0.25) is 0 Å². The maximum absolute atomic E-state index is 11.7. The van der Waals surface area contributed by atoms with Crippen molar-refractivity contribution < 1.29 is 4.79 Å². The van der Waals surface area contributed by atoms with Crippen molar-refractivity contribution in [2.75, 3.05) is 11.9 Å². The molecule has 0 aliphatic heterocycles. The fourth-order valence-corrected chi connectivity index (χ4v) is 2.62. The number of hydrogen-bond acceptors (Lipinski definition) is 2. The molecule has 1 heterocycles. The molecule has 0 bridgehead atoms. The van der Waals surface area contributed by atoms with Crippen molar-refractivity contribution in [1.82, 2.24) is 5.32 Å². The fourth-order valence-electron chi connectivity index (χ4n) is 1.32. The van der Waals surface area contributed by atoms with Gasteiger partial charge in [-0.05, 0) is 36.3 Å². The molecule has 0 saturated heterocycles. The van der Waals surface area contributed by atoms with Crippen LogP contribution in [0.25, 0.3) is 0 Å². The summed E-state index contributed by atoms with van der Waals surface area (Å²) in [5, 5.41) is 5.93. The van der Waals surface area contributed by atoms with E-state index in [1.165, 1.54) is 11.3 Å². The lowest BCUT2D eigenvalue weighted by Gasteiger charge is -2.04. The lowest BCUT2D eigenvalue weighted by atomic mass is 10.2. The summed E-state index contributed by atoms with van der Waals surface area (Å²) in [6, 6.07) is 2.03. The minimum Gasteiger partial charge on any atom is -0.351 e. The molecule has 0 saturated carbocycles. The first-order valence-electron chi connectivity index (χ1n) is 5.20. The molecule has 0 aliphatic rings. The van der Waals surface area contributed by atoms with E-state index in [1.54, 1.807) is 0 Å². The van der Waals surface area contributed by atoms with Crippen molar-refractivity contribution in [3.8, 4) is 0 Å². The van der Waals surface area contributed by atoms with E-state index in [-0.39, 0.29) is 5.91 Å². The van der Waals surface area contributed by atoms with Crippen molar-refractivity contribution in [2.45, 2.75) is 26.2 Å². The van der Waals surface area contributed by atoms with Crippen LogP contribution in [0.3, 0.4) is 0 Å². The Labute approximate surface area is 103 Å². The number of unbranched alkanes of at least 4 members (excludes halogenated alkanes) is 1. The number of carbonyl (C=O) groups is 1. The zero-order valence-electron chi connectivity index (χ0n) is 8.88. The lowest BCUT2D eigenvalue weighted by Crippen LogP contribution is -2.24. The molecular formula is C11H16BrNOS. The number of carbonyl (C=O) groups excluding carboxylic acids is 1. The normalized spacial score (nSPS) is 10.3. The van der Waals surface area contributed by atoms with E-state index in [0.717, 1.165) is 41.6 Å². The van der Waals surface area contributed by atoms with Crippen molar-refractivity contribution >= 4 is 33.2 Å². The first-order valence-corrected chi connectivity index (χ1v) is 7.20. The predicted octanol–water partition coefficient (Wildman–Crippen LogP) is 3.22. The summed E-state index contributed by atoms with van der Waals surface area (Å²) in [4.78, 5) is 12.6. The minimum absolute atomic E-state index is 0.0800. The Balaban J connectivity index is 2.40. The molecule has 0 aromatic carbocycles. The molecule has 1 N–H and O–H groups in total. The average Bonchev–Trinajstić information content (AvgIpc) is 2.72. The minimum atomic E-state index is 0.0800. The van der Waals surface area contributed by atoms with Crippen molar-refractivity contribution in [2.24, 2.45) is 0 Å². The van der Waals surface area contributed by atoms with Crippen LogP contribution in [0.1, 0.15) is 35.0 Å². The third-order valence-electron chi connectivity index (χ3n) is 2.18. The monoisotopic (exact) mass is 289 g/mol. The van der Waals surface area contributed by atoms with Gasteiger partial charge < -0.3 is 5.32 Å². The summed E-state index contributed by atoms with van der Waals surface area (Å²) in [6.07, 6.45) is 3.06. The van der Waals surface area contributed by atoms with Gasteiger partial charge in [-0.2, -0.15) is 0 Å². The molecule has 1 aromatic rings.